The van der Waals surface area contributed by atoms with Gasteiger partial charge in [-0.2, -0.15) is 0 Å². The molecule has 0 amide bonds. The van der Waals surface area contributed by atoms with E-state index in [0.29, 0.717) is 0 Å². The fourth-order valence-electron chi connectivity index (χ4n) is 1.71. The highest BCUT2D eigenvalue weighted by atomic mass is 79.9. The fourth-order valence-corrected chi connectivity index (χ4v) is 2.06. The molecule has 0 fully saturated rings. The summed E-state index contributed by atoms with van der Waals surface area (Å²) in [4.78, 5) is 8.96. The monoisotopic (exact) mass is 279 g/mol. The molecular weight excluding hydrogens is 266 g/mol. The van der Waals surface area contributed by atoms with Crippen molar-refractivity contribution in [2.75, 3.05) is 7.05 Å². The largest absolute Gasteiger partial charge is 0.312 e. The zero-order chi connectivity index (χ0) is 11.7. The summed E-state index contributed by atoms with van der Waals surface area (Å²) in [6, 6.07) is 6.33. The first kappa shape index (κ1) is 11.5. The van der Waals surface area contributed by atoms with E-state index in [-0.39, 0.29) is 6.04 Å². The smallest absolute Gasteiger partial charge is 0.126 e. The third-order valence-electron chi connectivity index (χ3n) is 2.64. The van der Waals surface area contributed by atoms with Crippen molar-refractivity contribution in [3.05, 3.63) is 34.2 Å². The molecule has 1 aromatic carbocycles. The lowest BCUT2D eigenvalue weighted by Gasteiger charge is -2.13. The van der Waals surface area contributed by atoms with E-state index in [1.54, 1.807) is 0 Å². The van der Waals surface area contributed by atoms with Crippen molar-refractivity contribution < 1.29 is 0 Å². The van der Waals surface area contributed by atoms with Crippen LogP contribution in [-0.2, 0) is 0 Å². The minimum absolute atomic E-state index is 0.227. The first-order chi connectivity index (χ1) is 7.61. The van der Waals surface area contributed by atoms with Gasteiger partial charge in [-0.15, -0.1) is 0 Å². The van der Waals surface area contributed by atoms with Crippen LogP contribution in [0.15, 0.2) is 22.7 Å². The number of rotatable bonds is 2. The molecule has 2 rings (SSSR count). The Labute approximate surface area is 103 Å². The van der Waals surface area contributed by atoms with Gasteiger partial charge in [0.25, 0.3) is 0 Å². The molecule has 0 spiro atoms. The third-order valence-corrected chi connectivity index (χ3v) is 3.14. The molecule has 0 bridgehead atoms. The van der Waals surface area contributed by atoms with Gasteiger partial charge >= 0.3 is 0 Å². The fraction of sp³-hybridized carbons (Fsp3) is 0.333. The molecule has 0 aliphatic carbocycles. The predicted octanol–water partition coefficient (Wildman–Crippen LogP) is 2.98. The van der Waals surface area contributed by atoms with Crippen LogP contribution in [0.2, 0.25) is 0 Å². The molecule has 1 unspecified atom stereocenters. The topological polar surface area (TPSA) is 37.8 Å². The lowest BCUT2D eigenvalue weighted by Crippen LogP contribution is -2.15. The molecular formula is C12H14BrN3. The highest BCUT2D eigenvalue weighted by Crippen LogP contribution is 2.24. The van der Waals surface area contributed by atoms with Gasteiger partial charge in [-0.25, -0.2) is 9.97 Å². The number of halogens is 1. The van der Waals surface area contributed by atoms with Gasteiger partial charge < -0.3 is 5.32 Å². The van der Waals surface area contributed by atoms with E-state index in [9.17, 15) is 0 Å². The van der Waals surface area contributed by atoms with Crippen LogP contribution in [0.4, 0.5) is 0 Å². The Bertz CT molecular complexity index is 520. The average Bonchev–Trinajstić information content (AvgIpc) is 2.26. The number of fused-ring (bicyclic) bond motifs is 1. The second-order valence-electron chi connectivity index (χ2n) is 3.83. The van der Waals surface area contributed by atoms with Crippen molar-refractivity contribution in [1.82, 2.24) is 15.3 Å². The zero-order valence-electron chi connectivity index (χ0n) is 9.58. The Kier molecular flexibility index (Phi) is 3.21. The van der Waals surface area contributed by atoms with E-state index < -0.39 is 0 Å². The second kappa shape index (κ2) is 4.47. The van der Waals surface area contributed by atoms with Crippen LogP contribution in [0.3, 0.4) is 0 Å². The summed E-state index contributed by atoms with van der Waals surface area (Å²) in [5.74, 6) is 0.808. The average molecular weight is 280 g/mol. The Morgan fingerprint density at radius 3 is 2.75 bits per heavy atom. The van der Waals surface area contributed by atoms with E-state index in [4.69, 9.17) is 0 Å². The molecule has 3 nitrogen and oxygen atoms in total. The maximum atomic E-state index is 4.51. The summed E-state index contributed by atoms with van der Waals surface area (Å²) >= 11 is 3.46. The first-order valence-electron chi connectivity index (χ1n) is 5.23. The number of benzene rings is 1. The van der Waals surface area contributed by atoms with Crippen LogP contribution < -0.4 is 5.32 Å². The summed E-state index contributed by atoms with van der Waals surface area (Å²) in [7, 11) is 1.94. The van der Waals surface area contributed by atoms with Gasteiger partial charge in [-0.3, -0.25) is 0 Å². The number of nitrogens with zero attached hydrogens (tertiary/aromatic N) is 2. The molecule has 1 atom stereocenters. The maximum Gasteiger partial charge on any atom is 0.126 e. The van der Waals surface area contributed by atoms with Crippen LogP contribution in [0.25, 0.3) is 10.9 Å². The number of hydrogen-bond donors (Lipinski definition) is 1. The second-order valence-corrected chi connectivity index (χ2v) is 4.74. The molecule has 0 aliphatic heterocycles. The molecule has 1 heterocycles. The van der Waals surface area contributed by atoms with Crippen molar-refractivity contribution in [2.24, 2.45) is 0 Å². The minimum atomic E-state index is 0.227. The van der Waals surface area contributed by atoms with Gasteiger partial charge in [0.15, 0.2) is 0 Å². The molecule has 1 N–H and O–H groups in total. The van der Waals surface area contributed by atoms with E-state index >= 15 is 0 Å². The van der Waals surface area contributed by atoms with Gasteiger partial charge in [-0.1, -0.05) is 15.9 Å². The van der Waals surface area contributed by atoms with Gasteiger partial charge in [0.05, 0.1) is 11.2 Å². The normalized spacial score (nSPS) is 13.0. The lowest BCUT2D eigenvalue weighted by atomic mass is 10.1. The molecule has 0 radical (unpaired) electrons. The molecule has 0 saturated heterocycles. The van der Waals surface area contributed by atoms with Crippen LogP contribution in [-0.4, -0.2) is 17.0 Å². The van der Waals surface area contributed by atoms with Crippen LogP contribution in [0.1, 0.15) is 24.5 Å². The van der Waals surface area contributed by atoms with Gasteiger partial charge in [0, 0.05) is 15.9 Å². The standard InChI is InChI=1S/C12H14BrN3/c1-7(14-3)12-10-5-4-9(13)6-11(10)15-8(2)16-12/h4-7,14H,1-3H3. The van der Waals surface area contributed by atoms with Crippen molar-refractivity contribution in [3.8, 4) is 0 Å². The van der Waals surface area contributed by atoms with Crippen molar-refractivity contribution >= 4 is 26.8 Å². The zero-order valence-corrected chi connectivity index (χ0v) is 11.2. The van der Waals surface area contributed by atoms with E-state index in [0.717, 1.165) is 26.9 Å². The molecule has 4 heteroatoms. The quantitative estimate of drug-likeness (QED) is 0.919. The van der Waals surface area contributed by atoms with E-state index in [1.807, 2.05) is 26.1 Å². The molecule has 0 saturated carbocycles. The number of aryl methyl sites for hydroxylation is 1. The summed E-state index contributed by atoms with van der Waals surface area (Å²) in [6.45, 7) is 4.02. The predicted molar refractivity (Wildman–Crippen MR) is 69.4 cm³/mol. The van der Waals surface area contributed by atoms with Gasteiger partial charge in [0.2, 0.25) is 0 Å². The van der Waals surface area contributed by atoms with Crippen molar-refractivity contribution in [1.29, 1.82) is 0 Å². The lowest BCUT2D eigenvalue weighted by molar-refractivity contribution is 0.634. The highest BCUT2D eigenvalue weighted by Gasteiger charge is 2.11. The number of nitrogens with one attached hydrogen (secondary N) is 1. The molecule has 2 aromatic rings. The Morgan fingerprint density at radius 1 is 1.31 bits per heavy atom. The molecule has 1 aromatic heterocycles. The Hall–Kier alpha value is -1.000. The van der Waals surface area contributed by atoms with Crippen LogP contribution >= 0.6 is 15.9 Å². The van der Waals surface area contributed by atoms with Crippen LogP contribution in [0, 0.1) is 6.92 Å². The van der Waals surface area contributed by atoms with Gasteiger partial charge in [-0.05, 0) is 39.1 Å². The van der Waals surface area contributed by atoms with Crippen LogP contribution in [0.5, 0.6) is 0 Å². The van der Waals surface area contributed by atoms with Crippen molar-refractivity contribution in [2.45, 2.75) is 19.9 Å². The van der Waals surface area contributed by atoms with Gasteiger partial charge in [0.1, 0.15) is 5.82 Å². The highest BCUT2D eigenvalue weighted by molar-refractivity contribution is 9.10. The minimum Gasteiger partial charge on any atom is -0.312 e. The first-order valence-corrected chi connectivity index (χ1v) is 6.02. The Morgan fingerprint density at radius 2 is 2.06 bits per heavy atom. The van der Waals surface area contributed by atoms with E-state index in [2.05, 4.69) is 44.2 Å². The molecule has 84 valence electrons. The summed E-state index contributed by atoms with van der Waals surface area (Å²) in [5.41, 5.74) is 2.04. The third kappa shape index (κ3) is 2.08. The Balaban J connectivity index is 2.72. The molecule has 16 heavy (non-hydrogen) atoms. The summed E-state index contributed by atoms with van der Waals surface area (Å²) in [5, 5.41) is 4.32. The van der Waals surface area contributed by atoms with E-state index in [1.165, 1.54) is 0 Å². The number of aromatic nitrogens is 2. The summed E-state index contributed by atoms with van der Waals surface area (Å²) in [6.07, 6.45) is 0. The number of hydrogen-bond acceptors (Lipinski definition) is 3. The molecule has 0 aliphatic rings. The van der Waals surface area contributed by atoms with Crippen molar-refractivity contribution in [3.63, 3.8) is 0 Å². The summed E-state index contributed by atoms with van der Waals surface area (Å²) < 4.78 is 1.04. The SMILES string of the molecule is CNC(C)c1nc(C)nc2cc(Br)ccc12. The maximum absolute atomic E-state index is 4.51.